The van der Waals surface area contributed by atoms with E-state index in [9.17, 15) is 14.4 Å². The van der Waals surface area contributed by atoms with Crippen molar-refractivity contribution in [3.63, 3.8) is 0 Å². The van der Waals surface area contributed by atoms with Gasteiger partial charge in [-0.1, -0.05) is 35.0 Å². The number of carbonyl (C=O) groups is 3. The monoisotopic (exact) mass is 447 g/mol. The zero-order valence-corrected chi connectivity index (χ0v) is 17.5. The number of nitrogens with zero attached hydrogens (tertiary/aromatic N) is 1. The molecule has 2 amide bonds. The first-order valence-corrected chi connectivity index (χ1v) is 9.68. The molecule has 0 bridgehead atoms. The van der Waals surface area contributed by atoms with Crippen LogP contribution in [-0.2, 0) is 9.53 Å². The Morgan fingerprint density at radius 1 is 1.18 bits per heavy atom. The maximum atomic E-state index is 12.8. The van der Waals surface area contributed by atoms with Crippen LogP contribution in [0, 0.1) is 6.92 Å². The highest BCUT2D eigenvalue weighted by Gasteiger charge is 2.21. The molecule has 7 nitrogen and oxygen atoms in total. The van der Waals surface area contributed by atoms with Gasteiger partial charge in [-0.05, 0) is 43.2 Å². The number of alkyl halides is 1. The fraction of sp³-hybridized carbons (Fsp3) is 0.300. The van der Waals surface area contributed by atoms with Crippen molar-refractivity contribution < 1.29 is 19.1 Å². The van der Waals surface area contributed by atoms with E-state index in [1.807, 2.05) is 6.92 Å². The topological polar surface area (TPSA) is 97.4 Å². The number of esters is 1. The average molecular weight is 448 g/mol. The Hall–Kier alpha value is -2.74. The number of aryl methyl sites for hydroxylation is 1. The van der Waals surface area contributed by atoms with Gasteiger partial charge in [-0.3, -0.25) is 14.4 Å². The van der Waals surface area contributed by atoms with E-state index >= 15 is 0 Å². The van der Waals surface area contributed by atoms with Crippen LogP contribution < -0.4 is 10.6 Å². The third kappa shape index (κ3) is 5.39. The van der Waals surface area contributed by atoms with Crippen LogP contribution in [0.4, 0.5) is 5.69 Å². The Balaban J connectivity index is 2.26. The first-order valence-electron chi connectivity index (χ1n) is 8.76. The maximum Gasteiger partial charge on any atom is 0.323 e. The molecule has 0 saturated heterocycles. The van der Waals surface area contributed by atoms with Gasteiger partial charge in [0.05, 0.1) is 12.7 Å². The lowest BCUT2D eigenvalue weighted by atomic mass is 10.1. The lowest BCUT2D eigenvalue weighted by Gasteiger charge is -2.12. The van der Waals surface area contributed by atoms with E-state index in [0.29, 0.717) is 23.5 Å². The molecule has 2 aromatic rings. The van der Waals surface area contributed by atoms with Crippen LogP contribution in [0.1, 0.15) is 50.3 Å². The van der Waals surface area contributed by atoms with Gasteiger partial charge >= 0.3 is 5.97 Å². The molecule has 0 radical (unpaired) electrons. The van der Waals surface area contributed by atoms with Crippen molar-refractivity contribution >= 4 is 39.4 Å². The fourth-order valence-corrected chi connectivity index (χ4v) is 2.92. The lowest BCUT2D eigenvalue weighted by molar-refractivity contribution is -0.139. The standard InChI is InChI=1S/C20H22BrN3O4/c1-4-10-22-19(26)17-15(9-8-12(2)23-17)18(25)24-14-7-5-6-13(11-14)16(21)20(27)28-3/h5-9,11,16H,4,10H2,1-3H3,(H,22,26)(H,24,25). The maximum absolute atomic E-state index is 12.8. The fourth-order valence-electron chi connectivity index (χ4n) is 2.45. The van der Waals surface area contributed by atoms with Crippen molar-refractivity contribution in [1.29, 1.82) is 0 Å². The number of pyridine rings is 1. The number of hydrogen-bond donors (Lipinski definition) is 2. The first-order chi connectivity index (χ1) is 13.4. The summed E-state index contributed by atoms with van der Waals surface area (Å²) in [6, 6.07) is 10.1. The van der Waals surface area contributed by atoms with E-state index < -0.39 is 22.6 Å². The third-order valence-electron chi connectivity index (χ3n) is 3.88. The molecular formula is C20H22BrN3O4. The summed E-state index contributed by atoms with van der Waals surface area (Å²) in [6.45, 7) is 4.19. The number of aromatic nitrogens is 1. The number of hydrogen-bond acceptors (Lipinski definition) is 5. The highest BCUT2D eigenvalue weighted by atomic mass is 79.9. The number of halogens is 1. The Labute approximate surface area is 172 Å². The van der Waals surface area contributed by atoms with E-state index in [4.69, 9.17) is 4.74 Å². The second-order valence-corrected chi connectivity index (χ2v) is 6.99. The summed E-state index contributed by atoms with van der Waals surface area (Å²) in [6.07, 6.45) is 0.778. The number of rotatable bonds is 7. The van der Waals surface area contributed by atoms with Gasteiger partial charge in [0.15, 0.2) is 0 Å². The molecule has 0 fully saturated rings. The molecule has 1 aromatic carbocycles. The molecule has 1 heterocycles. The summed E-state index contributed by atoms with van der Waals surface area (Å²) in [5.74, 6) is -1.30. The molecular weight excluding hydrogens is 426 g/mol. The van der Waals surface area contributed by atoms with Crippen molar-refractivity contribution in [3.8, 4) is 0 Å². The predicted octanol–water partition coefficient (Wildman–Crippen LogP) is 3.39. The van der Waals surface area contributed by atoms with Crippen LogP contribution >= 0.6 is 15.9 Å². The second kappa shape index (κ2) is 9.98. The molecule has 2 N–H and O–H groups in total. The normalized spacial score (nSPS) is 11.4. The number of methoxy groups -OCH3 is 1. The Kier molecular flexibility index (Phi) is 7.69. The zero-order valence-electron chi connectivity index (χ0n) is 15.9. The third-order valence-corrected chi connectivity index (χ3v) is 4.78. The molecule has 8 heteroatoms. The average Bonchev–Trinajstić information content (AvgIpc) is 2.70. The van der Waals surface area contributed by atoms with Crippen molar-refractivity contribution in [2.45, 2.75) is 25.1 Å². The molecule has 2 rings (SSSR count). The number of nitrogens with one attached hydrogen (secondary N) is 2. The smallest absolute Gasteiger partial charge is 0.323 e. The van der Waals surface area contributed by atoms with Crippen LogP contribution in [-0.4, -0.2) is 36.4 Å². The molecule has 0 aliphatic rings. The second-order valence-electron chi connectivity index (χ2n) is 6.07. The molecule has 0 spiro atoms. The molecule has 148 valence electrons. The SMILES string of the molecule is CCCNC(=O)c1nc(C)ccc1C(=O)Nc1cccc(C(Br)C(=O)OC)c1. The molecule has 0 aliphatic heterocycles. The van der Waals surface area contributed by atoms with Crippen molar-refractivity contribution in [3.05, 3.63) is 58.9 Å². The van der Waals surface area contributed by atoms with Crippen molar-refractivity contribution in [2.24, 2.45) is 0 Å². The molecule has 0 saturated carbocycles. The van der Waals surface area contributed by atoms with Gasteiger partial charge in [0, 0.05) is 17.9 Å². The number of anilines is 1. The predicted molar refractivity (Wildman–Crippen MR) is 110 cm³/mol. The summed E-state index contributed by atoms with van der Waals surface area (Å²) in [5, 5.41) is 5.49. The largest absolute Gasteiger partial charge is 0.468 e. The lowest BCUT2D eigenvalue weighted by Crippen LogP contribution is -2.28. The number of benzene rings is 1. The summed E-state index contributed by atoms with van der Waals surface area (Å²) in [5.41, 5.74) is 2.01. The van der Waals surface area contributed by atoms with Gasteiger partial charge in [0.25, 0.3) is 11.8 Å². The Morgan fingerprint density at radius 3 is 2.61 bits per heavy atom. The van der Waals surface area contributed by atoms with Crippen LogP contribution in [0.5, 0.6) is 0 Å². The highest BCUT2D eigenvalue weighted by Crippen LogP contribution is 2.26. The van der Waals surface area contributed by atoms with Gasteiger partial charge in [-0.2, -0.15) is 0 Å². The minimum atomic E-state index is -0.647. The van der Waals surface area contributed by atoms with Gasteiger partial charge in [0.1, 0.15) is 10.5 Å². The van der Waals surface area contributed by atoms with Gasteiger partial charge in [0.2, 0.25) is 0 Å². The molecule has 1 unspecified atom stereocenters. The van der Waals surface area contributed by atoms with Gasteiger partial charge in [-0.15, -0.1) is 0 Å². The molecule has 1 atom stereocenters. The van der Waals surface area contributed by atoms with Crippen LogP contribution in [0.15, 0.2) is 36.4 Å². The first kappa shape index (κ1) is 21.6. The summed E-state index contributed by atoms with van der Waals surface area (Å²) in [4.78, 5) is 40.4. The van der Waals surface area contributed by atoms with E-state index in [1.54, 1.807) is 43.3 Å². The van der Waals surface area contributed by atoms with Crippen LogP contribution in [0.3, 0.4) is 0 Å². The van der Waals surface area contributed by atoms with E-state index in [1.165, 1.54) is 7.11 Å². The van der Waals surface area contributed by atoms with Gasteiger partial charge < -0.3 is 15.4 Å². The summed E-state index contributed by atoms with van der Waals surface area (Å²) < 4.78 is 4.72. The van der Waals surface area contributed by atoms with Crippen molar-refractivity contribution in [1.82, 2.24) is 10.3 Å². The Bertz CT molecular complexity index is 886. The Morgan fingerprint density at radius 2 is 1.93 bits per heavy atom. The summed E-state index contributed by atoms with van der Waals surface area (Å²) in [7, 11) is 1.30. The highest BCUT2D eigenvalue weighted by molar-refractivity contribution is 9.09. The number of carbonyl (C=O) groups excluding carboxylic acids is 3. The van der Waals surface area contributed by atoms with Crippen molar-refractivity contribution in [2.75, 3.05) is 19.0 Å². The minimum Gasteiger partial charge on any atom is -0.468 e. The number of ether oxygens (including phenoxy) is 1. The quantitative estimate of drug-likeness (QED) is 0.500. The van der Waals surface area contributed by atoms with Crippen LogP contribution in [0.2, 0.25) is 0 Å². The van der Waals surface area contributed by atoms with Gasteiger partial charge in [-0.25, -0.2) is 4.98 Å². The zero-order chi connectivity index (χ0) is 20.7. The summed E-state index contributed by atoms with van der Waals surface area (Å²) >= 11 is 3.27. The minimum absolute atomic E-state index is 0.0787. The van der Waals surface area contributed by atoms with Crippen LogP contribution in [0.25, 0.3) is 0 Å². The number of amides is 2. The molecule has 1 aromatic heterocycles. The van der Waals surface area contributed by atoms with E-state index in [-0.39, 0.29) is 11.3 Å². The molecule has 28 heavy (non-hydrogen) atoms. The van der Waals surface area contributed by atoms with E-state index in [2.05, 4.69) is 31.5 Å². The molecule has 0 aliphatic carbocycles. The van der Waals surface area contributed by atoms with E-state index in [0.717, 1.165) is 6.42 Å².